The first-order valence-electron chi connectivity index (χ1n) is 4.76. The lowest BCUT2D eigenvalue weighted by atomic mass is 9.84. The monoisotopic (exact) mass is 170 g/mol. The highest BCUT2D eigenvalue weighted by molar-refractivity contribution is 5.69. The largest absolute Gasteiger partial charge is 0.481 e. The first-order valence-corrected chi connectivity index (χ1v) is 4.76. The standard InChI is InChI=1S/C10H18O2/c1-6-4-5-9(7(6)2)8(3)10(11)12/h6-9H,4-5H2,1-3H3,(H,11,12). The highest BCUT2D eigenvalue weighted by atomic mass is 16.4. The van der Waals surface area contributed by atoms with Crippen LogP contribution in [0.1, 0.15) is 33.6 Å². The molecule has 2 heteroatoms. The van der Waals surface area contributed by atoms with E-state index in [0.717, 1.165) is 6.42 Å². The number of hydrogen-bond acceptors (Lipinski definition) is 1. The molecular weight excluding hydrogens is 152 g/mol. The maximum absolute atomic E-state index is 10.7. The van der Waals surface area contributed by atoms with Crippen molar-refractivity contribution in [2.75, 3.05) is 0 Å². The zero-order valence-corrected chi connectivity index (χ0v) is 8.08. The second kappa shape index (κ2) is 3.46. The first kappa shape index (κ1) is 9.56. The van der Waals surface area contributed by atoms with E-state index in [1.54, 1.807) is 0 Å². The molecule has 0 radical (unpaired) electrons. The fourth-order valence-electron chi connectivity index (χ4n) is 2.29. The van der Waals surface area contributed by atoms with Crippen molar-refractivity contribution in [1.29, 1.82) is 0 Å². The third-order valence-electron chi connectivity index (χ3n) is 3.56. The summed E-state index contributed by atoms with van der Waals surface area (Å²) >= 11 is 0. The molecule has 1 saturated carbocycles. The van der Waals surface area contributed by atoms with Gasteiger partial charge in [-0.15, -0.1) is 0 Å². The minimum atomic E-state index is -0.638. The Labute approximate surface area is 74.0 Å². The van der Waals surface area contributed by atoms with E-state index in [4.69, 9.17) is 5.11 Å². The quantitative estimate of drug-likeness (QED) is 0.691. The van der Waals surface area contributed by atoms with E-state index in [1.165, 1.54) is 6.42 Å². The van der Waals surface area contributed by atoms with Crippen molar-refractivity contribution in [3.8, 4) is 0 Å². The molecule has 0 aromatic heterocycles. The minimum absolute atomic E-state index is 0.162. The van der Waals surface area contributed by atoms with Gasteiger partial charge in [0.05, 0.1) is 5.92 Å². The lowest BCUT2D eigenvalue weighted by Gasteiger charge is -2.21. The van der Waals surface area contributed by atoms with Crippen molar-refractivity contribution >= 4 is 5.97 Å². The van der Waals surface area contributed by atoms with E-state index >= 15 is 0 Å². The van der Waals surface area contributed by atoms with Crippen molar-refractivity contribution in [3.63, 3.8) is 0 Å². The molecule has 4 unspecified atom stereocenters. The molecule has 0 bridgehead atoms. The Bertz CT molecular complexity index is 177. The molecule has 2 nitrogen and oxygen atoms in total. The SMILES string of the molecule is CC1CCC(C(C)C(=O)O)C1C. The van der Waals surface area contributed by atoms with Crippen LogP contribution < -0.4 is 0 Å². The van der Waals surface area contributed by atoms with Crippen molar-refractivity contribution in [1.82, 2.24) is 0 Å². The molecule has 70 valence electrons. The number of carboxylic acid groups (broad SMARTS) is 1. The first-order chi connectivity index (χ1) is 5.54. The van der Waals surface area contributed by atoms with Gasteiger partial charge in [0.15, 0.2) is 0 Å². The number of rotatable bonds is 2. The molecule has 1 N–H and O–H groups in total. The van der Waals surface area contributed by atoms with E-state index in [1.807, 2.05) is 6.92 Å². The maximum Gasteiger partial charge on any atom is 0.306 e. The summed E-state index contributed by atoms with van der Waals surface area (Å²) in [6.45, 7) is 6.24. The fourth-order valence-corrected chi connectivity index (χ4v) is 2.29. The van der Waals surface area contributed by atoms with Gasteiger partial charge in [0.1, 0.15) is 0 Å². The molecule has 0 aromatic carbocycles. The van der Waals surface area contributed by atoms with Crippen LogP contribution in [0.2, 0.25) is 0 Å². The highest BCUT2D eigenvalue weighted by Crippen LogP contribution is 2.40. The summed E-state index contributed by atoms with van der Waals surface area (Å²) < 4.78 is 0. The summed E-state index contributed by atoms with van der Waals surface area (Å²) in [5, 5.41) is 8.85. The Morgan fingerprint density at radius 1 is 1.42 bits per heavy atom. The predicted octanol–water partition coefficient (Wildman–Crippen LogP) is 2.39. The van der Waals surface area contributed by atoms with Crippen molar-refractivity contribution in [2.24, 2.45) is 23.7 Å². The van der Waals surface area contributed by atoms with Gasteiger partial charge >= 0.3 is 5.97 Å². The third-order valence-corrected chi connectivity index (χ3v) is 3.56. The van der Waals surface area contributed by atoms with Crippen LogP contribution in [0.5, 0.6) is 0 Å². The van der Waals surface area contributed by atoms with Crippen LogP contribution in [0.4, 0.5) is 0 Å². The van der Waals surface area contributed by atoms with Gasteiger partial charge in [-0.05, 0) is 24.2 Å². The van der Waals surface area contributed by atoms with E-state index < -0.39 is 5.97 Å². The van der Waals surface area contributed by atoms with E-state index in [9.17, 15) is 4.79 Å². The summed E-state index contributed by atoms with van der Waals surface area (Å²) in [6, 6.07) is 0. The summed E-state index contributed by atoms with van der Waals surface area (Å²) in [4.78, 5) is 10.7. The molecule has 4 atom stereocenters. The minimum Gasteiger partial charge on any atom is -0.481 e. The summed E-state index contributed by atoms with van der Waals surface area (Å²) in [6.07, 6.45) is 2.29. The lowest BCUT2D eigenvalue weighted by molar-refractivity contribution is -0.143. The van der Waals surface area contributed by atoms with E-state index in [2.05, 4.69) is 13.8 Å². The Kier molecular flexibility index (Phi) is 2.76. The Balaban J connectivity index is 2.59. The second-order valence-electron chi connectivity index (χ2n) is 4.20. The normalized spacial score (nSPS) is 38.1. The smallest absolute Gasteiger partial charge is 0.306 e. The molecule has 0 heterocycles. The van der Waals surface area contributed by atoms with Crippen LogP contribution in [0.3, 0.4) is 0 Å². The van der Waals surface area contributed by atoms with Gasteiger partial charge in [0, 0.05) is 0 Å². The predicted molar refractivity (Wildman–Crippen MR) is 47.9 cm³/mol. The Morgan fingerprint density at radius 3 is 2.33 bits per heavy atom. The lowest BCUT2D eigenvalue weighted by Crippen LogP contribution is -2.23. The number of aliphatic carboxylic acids is 1. The second-order valence-corrected chi connectivity index (χ2v) is 4.20. The molecule has 1 aliphatic rings. The van der Waals surface area contributed by atoms with Crippen LogP contribution in [0.25, 0.3) is 0 Å². The summed E-state index contributed by atoms with van der Waals surface area (Å²) in [7, 11) is 0. The van der Waals surface area contributed by atoms with Crippen molar-refractivity contribution < 1.29 is 9.90 Å². The fraction of sp³-hybridized carbons (Fsp3) is 0.900. The van der Waals surface area contributed by atoms with Crippen LogP contribution in [0, 0.1) is 23.7 Å². The Hall–Kier alpha value is -0.530. The zero-order valence-electron chi connectivity index (χ0n) is 8.08. The van der Waals surface area contributed by atoms with Gasteiger partial charge < -0.3 is 5.11 Å². The molecule has 0 amide bonds. The topological polar surface area (TPSA) is 37.3 Å². The molecule has 0 aromatic rings. The third kappa shape index (κ3) is 1.62. The molecule has 0 spiro atoms. The van der Waals surface area contributed by atoms with Gasteiger partial charge in [-0.25, -0.2) is 0 Å². The van der Waals surface area contributed by atoms with Crippen LogP contribution in [0.15, 0.2) is 0 Å². The molecular formula is C10H18O2. The summed E-state index contributed by atoms with van der Waals surface area (Å²) in [5.41, 5.74) is 0. The number of hydrogen-bond donors (Lipinski definition) is 1. The molecule has 1 rings (SSSR count). The van der Waals surface area contributed by atoms with Gasteiger partial charge in [-0.3, -0.25) is 4.79 Å². The Morgan fingerprint density at radius 2 is 2.00 bits per heavy atom. The highest BCUT2D eigenvalue weighted by Gasteiger charge is 2.36. The average Bonchev–Trinajstić information content (AvgIpc) is 2.32. The summed E-state index contributed by atoms with van der Waals surface area (Å²) in [5.74, 6) is 0.885. The van der Waals surface area contributed by atoms with Crippen LogP contribution >= 0.6 is 0 Å². The molecule has 1 fully saturated rings. The number of carbonyl (C=O) groups is 1. The average molecular weight is 170 g/mol. The zero-order chi connectivity index (χ0) is 9.30. The molecule has 0 saturated heterocycles. The number of carboxylic acids is 1. The van der Waals surface area contributed by atoms with Crippen molar-refractivity contribution in [2.45, 2.75) is 33.6 Å². The van der Waals surface area contributed by atoms with Gasteiger partial charge in [-0.1, -0.05) is 27.2 Å². The van der Waals surface area contributed by atoms with Crippen LogP contribution in [-0.2, 0) is 4.79 Å². The van der Waals surface area contributed by atoms with E-state index in [-0.39, 0.29) is 5.92 Å². The van der Waals surface area contributed by atoms with Gasteiger partial charge in [0.2, 0.25) is 0 Å². The van der Waals surface area contributed by atoms with Crippen LogP contribution in [-0.4, -0.2) is 11.1 Å². The maximum atomic E-state index is 10.7. The van der Waals surface area contributed by atoms with Gasteiger partial charge in [0.25, 0.3) is 0 Å². The molecule has 0 aliphatic heterocycles. The van der Waals surface area contributed by atoms with E-state index in [0.29, 0.717) is 17.8 Å². The van der Waals surface area contributed by atoms with Gasteiger partial charge in [-0.2, -0.15) is 0 Å². The van der Waals surface area contributed by atoms with Crippen molar-refractivity contribution in [3.05, 3.63) is 0 Å². The molecule has 1 aliphatic carbocycles. The molecule has 12 heavy (non-hydrogen) atoms.